The quantitative estimate of drug-likeness (QED) is 0.848. The third-order valence-corrected chi connectivity index (χ3v) is 5.46. The standard InChI is InChI=1S/C18H16N2O4S/c21-16-11-24-18(23)20(16)14-7-8-19(10-14)17(22)13-5-3-12(4-6-13)15-2-1-9-25-15/h1-6,9,14H,7-8,10-11H2. The van der Waals surface area contributed by atoms with Gasteiger partial charge in [0, 0.05) is 23.5 Å². The van der Waals surface area contributed by atoms with Gasteiger partial charge in [-0.05, 0) is 35.6 Å². The Morgan fingerprint density at radius 2 is 1.96 bits per heavy atom. The van der Waals surface area contributed by atoms with Crippen LogP contribution >= 0.6 is 11.3 Å². The molecule has 2 fully saturated rings. The molecule has 2 aliphatic heterocycles. The summed E-state index contributed by atoms with van der Waals surface area (Å²) in [4.78, 5) is 40.1. The van der Waals surface area contributed by atoms with Crippen molar-refractivity contribution in [2.75, 3.05) is 19.7 Å². The van der Waals surface area contributed by atoms with E-state index in [0.29, 0.717) is 25.1 Å². The first-order valence-electron chi connectivity index (χ1n) is 8.05. The first-order valence-corrected chi connectivity index (χ1v) is 8.93. The molecule has 1 aromatic carbocycles. The van der Waals surface area contributed by atoms with Crippen LogP contribution in [0.25, 0.3) is 10.4 Å². The highest BCUT2D eigenvalue weighted by atomic mass is 32.1. The monoisotopic (exact) mass is 356 g/mol. The zero-order valence-electron chi connectivity index (χ0n) is 13.4. The lowest BCUT2D eigenvalue weighted by Crippen LogP contribution is -2.42. The van der Waals surface area contributed by atoms with Crippen LogP contribution in [-0.4, -0.2) is 53.4 Å². The Kier molecular flexibility index (Phi) is 4.01. The zero-order valence-corrected chi connectivity index (χ0v) is 14.2. The van der Waals surface area contributed by atoms with Crippen molar-refractivity contribution in [3.05, 3.63) is 47.3 Å². The van der Waals surface area contributed by atoms with E-state index in [4.69, 9.17) is 4.74 Å². The lowest BCUT2D eigenvalue weighted by Gasteiger charge is -2.20. The van der Waals surface area contributed by atoms with Gasteiger partial charge in [0.2, 0.25) is 0 Å². The van der Waals surface area contributed by atoms with Crippen molar-refractivity contribution in [3.8, 4) is 10.4 Å². The maximum Gasteiger partial charge on any atom is 0.417 e. The summed E-state index contributed by atoms with van der Waals surface area (Å²) in [7, 11) is 0. The molecule has 0 N–H and O–H groups in total. The predicted octanol–water partition coefficient (Wildman–Crippen LogP) is 2.61. The number of hydrogen-bond donors (Lipinski definition) is 0. The van der Waals surface area contributed by atoms with Crippen molar-refractivity contribution in [2.24, 2.45) is 0 Å². The van der Waals surface area contributed by atoms with Crippen LogP contribution in [0.2, 0.25) is 0 Å². The van der Waals surface area contributed by atoms with Gasteiger partial charge < -0.3 is 9.64 Å². The van der Waals surface area contributed by atoms with E-state index in [1.807, 2.05) is 41.8 Å². The maximum atomic E-state index is 12.7. The van der Waals surface area contributed by atoms with E-state index in [2.05, 4.69) is 0 Å². The molecule has 2 saturated heterocycles. The summed E-state index contributed by atoms with van der Waals surface area (Å²) in [5, 5.41) is 2.02. The number of carbonyl (C=O) groups is 3. The molecule has 0 spiro atoms. The van der Waals surface area contributed by atoms with Gasteiger partial charge in [0.05, 0.1) is 6.04 Å². The number of rotatable bonds is 3. The first kappa shape index (κ1) is 15.8. The van der Waals surface area contributed by atoms with Crippen LogP contribution in [-0.2, 0) is 9.53 Å². The van der Waals surface area contributed by atoms with Gasteiger partial charge >= 0.3 is 6.09 Å². The number of nitrogens with zero attached hydrogens (tertiary/aromatic N) is 2. The first-order chi connectivity index (χ1) is 12.1. The molecule has 1 atom stereocenters. The summed E-state index contributed by atoms with van der Waals surface area (Å²) >= 11 is 1.65. The number of ether oxygens (including phenoxy) is 1. The second kappa shape index (κ2) is 6.33. The molecule has 2 aliphatic rings. The van der Waals surface area contributed by atoms with Crippen molar-refractivity contribution in [1.29, 1.82) is 0 Å². The SMILES string of the molecule is O=C(c1ccc(-c2cccs2)cc1)N1CCC(N2C(=O)COC2=O)C1. The molecule has 128 valence electrons. The summed E-state index contributed by atoms with van der Waals surface area (Å²) in [6, 6.07) is 11.3. The highest BCUT2D eigenvalue weighted by Crippen LogP contribution is 2.26. The highest BCUT2D eigenvalue weighted by molar-refractivity contribution is 7.13. The summed E-state index contributed by atoms with van der Waals surface area (Å²) < 4.78 is 4.75. The lowest BCUT2D eigenvalue weighted by molar-refractivity contribution is -0.127. The van der Waals surface area contributed by atoms with Crippen LogP contribution in [0.3, 0.4) is 0 Å². The Morgan fingerprint density at radius 3 is 2.60 bits per heavy atom. The van der Waals surface area contributed by atoms with Crippen LogP contribution in [0.4, 0.5) is 4.79 Å². The van der Waals surface area contributed by atoms with E-state index in [9.17, 15) is 14.4 Å². The second-order valence-electron chi connectivity index (χ2n) is 6.07. The second-order valence-corrected chi connectivity index (χ2v) is 7.01. The van der Waals surface area contributed by atoms with Gasteiger partial charge in [-0.1, -0.05) is 18.2 Å². The fraction of sp³-hybridized carbons (Fsp3) is 0.278. The molecular weight excluding hydrogens is 340 g/mol. The molecule has 0 bridgehead atoms. The van der Waals surface area contributed by atoms with E-state index < -0.39 is 6.09 Å². The van der Waals surface area contributed by atoms with Crippen LogP contribution in [0.15, 0.2) is 41.8 Å². The number of carbonyl (C=O) groups excluding carboxylic acids is 3. The van der Waals surface area contributed by atoms with Crippen molar-refractivity contribution < 1.29 is 19.1 Å². The number of benzene rings is 1. The molecule has 4 rings (SSSR count). The molecule has 0 saturated carbocycles. The molecule has 3 amide bonds. The average molecular weight is 356 g/mol. The number of cyclic esters (lactones) is 1. The molecule has 0 aliphatic carbocycles. The number of hydrogen-bond acceptors (Lipinski definition) is 5. The minimum atomic E-state index is -0.607. The van der Waals surface area contributed by atoms with E-state index in [-0.39, 0.29) is 24.5 Å². The van der Waals surface area contributed by atoms with E-state index >= 15 is 0 Å². The molecule has 0 radical (unpaired) electrons. The molecular formula is C18H16N2O4S. The molecule has 6 nitrogen and oxygen atoms in total. The smallest absolute Gasteiger partial charge is 0.417 e. The van der Waals surface area contributed by atoms with Crippen molar-refractivity contribution in [1.82, 2.24) is 9.80 Å². The molecule has 1 aromatic heterocycles. The van der Waals surface area contributed by atoms with Crippen molar-refractivity contribution in [3.63, 3.8) is 0 Å². The van der Waals surface area contributed by atoms with E-state index in [1.54, 1.807) is 16.2 Å². The van der Waals surface area contributed by atoms with Gasteiger partial charge in [0.25, 0.3) is 11.8 Å². The molecule has 25 heavy (non-hydrogen) atoms. The summed E-state index contributed by atoms with van der Waals surface area (Å²) in [6.45, 7) is 0.674. The summed E-state index contributed by atoms with van der Waals surface area (Å²) in [6.07, 6.45) is -0.0237. The normalized spacial score (nSPS) is 20.2. The highest BCUT2D eigenvalue weighted by Gasteiger charge is 2.41. The Hall–Kier alpha value is -2.67. The number of thiophene rings is 1. The fourth-order valence-electron chi connectivity index (χ4n) is 3.26. The Bertz CT molecular complexity index is 800. The largest absolute Gasteiger partial charge is 0.439 e. The minimum Gasteiger partial charge on any atom is -0.439 e. The third kappa shape index (κ3) is 2.91. The van der Waals surface area contributed by atoms with Crippen molar-refractivity contribution in [2.45, 2.75) is 12.5 Å². The minimum absolute atomic E-state index is 0.0831. The fourth-order valence-corrected chi connectivity index (χ4v) is 3.99. The van der Waals surface area contributed by atoms with Gasteiger partial charge in [-0.3, -0.25) is 9.59 Å². The van der Waals surface area contributed by atoms with E-state index in [0.717, 1.165) is 15.3 Å². The van der Waals surface area contributed by atoms with Gasteiger partial charge in [0.1, 0.15) is 0 Å². The zero-order chi connectivity index (χ0) is 17.4. The molecule has 3 heterocycles. The predicted molar refractivity (Wildman–Crippen MR) is 92.3 cm³/mol. The number of amides is 3. The number of imide groups is 1. The Labute approximate surface area is 148 Å². The Balaban J connectivity index is 1.45. The van der Waals surface area contributed by atoms with Crippen LogP contribution in [0.1, 0.15) is 16.8 Å². The van der Waals surface area contributed by atoms with Gasteiger partial charge in [0.15, 0.2) is 6.61 Å². The molecule has 7 heteroatoms. The lowest BCUT2D eigenvalue weighted by atomic mass is 10.1. The topological polar surface area (TPSA) is 66.9 Å². The van der Waals surface area contributed by atoms with Gasteiger partial charge in [-0.2, -0.15) is 0 Å². The van der Waals surface area contributed by atoms with Crippen molar-refractivity contribution >= 4 is 29.2 Å². The summed E-state index contributed by atoms with van der Waals surface area (Å²) in [5.74, 6) is -0.412. The summed E-state index contributed by atoms with van der Waals surface area (Å²) in [5.41, 5.74) is 1.69. The molecule has 2 aromatic rings. The molecule has 1 unspecified atom stereocenters. The maximum absolute atomic E-state index is 12.7. The van der Waals surface area contributed by atoms with Crippen LogP contribution < -0.4 is 0 Å². The van der Waals surface area contributed by atoms with Crippen LogP contribution in [0, 0.1) is 0 Å². The van der Waals surface area contributed by atoms with Crippen LogP contribution in [0.5, 0.6) is 0 Å². The average Bonchev–Trinajstić information content (AvgIpc) is 3.36. The van der Waals surface area contributed by atoms with E-state index in [1.165, 1.54) is 0 Å². The Morgan fingerprint density at radius 1 is 1.16 bits per heavy atom. The van der Waals surface area contributed by atoms with Gasteiger partial charge in [-0.15, -0.1) is 11.3 Å². The van der Waals surface area contributed by atoms with Gasteiger partial charge in [-0.25, -0.2) is 9.69 Å². The third-order valence-electron chi connectivity index (χ3n) is 4.54. The number of likely N-dealkylation sites (tertiary alicyclic amines) is 1.